The highest BCUT2D eigenvalue weighted by Gasteiger charge is 2.10. The molecule has 2 aromatic rings. The van der Waals surface area contributed by atoms with Gasteiger partial charge < -0.3 is 10.4 Å². The second-order valence-corrected chi connectivity index (χ2v) is 5.40. The number of anilines is 1. The van der Waals surface area contributed by atoms with Crippen molar-refractivity contribution >= 4 is 23.3 Å². The molecule has 2 rings (SSSR count). The Labute approximate surface area is 140 Å². The molecule has 0 aliphatic rings. The molecule has 1 amide bonds. The number of Topliss-reactive ketones (excluding diaryl/α,β-unsaturated/α-hetero) is 1. The highest BCUT2D eigenvalue weighted by Crippen LogP contribution is 2.14. The minimum absolute atomic E-state index is 0.0369. The van der Waals surface area contributed by atoms with Crippen molar-refractivity contribution in [1.29, 1.82) is 0 Å². The Bertz CT molecular complexity index is 733. The number of ketones is 1. The number of rotatable bonds is 7. The average molecular weight is 325 g/mol. The molecular formula is C19H19NO4. The van der Waals surface area contributed by atoms with Crippen molar-refractivity contribution < 1.29 is 19.5 Å². The molecule has 5 heteroatoms. The SMILES string of the molecule is CCc1ccc(C(=O)Nc2ccc(C(=O)CCC(=O)O)cc2)cc1. The molecule has 0 aromatic heterocycles. The van der Waals surface area contributed by atoms with Gasteiger partial charge in [0.2, 0.25) is 0 Å². The molecule has 124 valence electrons. The van der Waals surface area contributed by atoms with E-state index in [-0.39, 0.29) is 24.5 Å². The summed E-state index contributed by atoms with van der Waals surface area (Å²) >= 11 is 0. The number of carboxylic acid groups (broad SMARTS) is 1. The molecule has 0 bridgehead atoms. The minimum Gasteiger partial charge on any atom is -0.481 e. The van der Waals surface area contributed by atoms with E-state index in [1.54, 1.807) is 36.4 Å². The number of aryl methyl sites for hydroxylation is 1. The van der Waals surface area contributed by atoms with E-state index in [0.717, 1.165) is 12.0 Å². The van der Waals surface area contributed by atoms with Gasteiger partial charge in [0, 0.05) is 23.2 Å². The third-order valence-electron chi connectivity index (χ3n) is 3.66. The zero-order valence-corrected chi connectivity index (χ0v) is 13.4. The summed E-state index contributed by atoms with van der Waals surface area (Å²) in [6, 6.07) is 13.8. The van der Waals surface area contributed by atoms with Crippen LogP contribution in [0.1, 0.15) is 46.0 Å². The Morgan fingerprint density at radius 2 is 1.46 bits per heavy atom. The fraction of sp³-hybridized carbons (Fsp3) is 0.211. The number of carboxylic acids is 1. The number of amides is 1. The number of hydrogen-bond acceptors (Lipinski definition) is 3. The van der Waals surface area contributed by atoms with E-state index < -0.39 is 5.97 Å². The zero-order chi connectivity index (χ0) is 17.5. The molecule has 0 aliphatic carbocycles. The van der Waals surface area contributed by atoms with Gasteiger partial charge in [0.1, 0.15) is 0 Å². The predicted molar refractivity (Wildman–Crippen MR) is 91.4 cm³/mol. The Kier molecular flexibility index (Phi) is 5.84. The molecule has 2 N–H and O–H groups in total. The normalized spacial score (nSPS) is 10.2. The minimum atomic E-state index is -0.999. The summed E-state index contributed by atoms with van der Waals surface area (Å²) in [6.45, 7) is 2.05. The molecular weight excluding hydrogens is 306 g/mol. The number of nitrogens with one attached hydrogen (secondary N) is 1. The Morgan fingerprint density at radius 1 is 0.875 bits per heavy atom. The monoisotopic (exact) mass is 325 g/mol. The molecule has 0 heterocycles. The van der Waals surface area contributed by atoms with E-state index in [2.05, 4.69) is 5.32 Å². The van der Waals surface area contributed by atoms with E-state index in [9.17, 15) is 14.4 Å². The summed E-state index contributed by atoms with van der Waals surface area (Å²) in [6.07, 6.45) is 0.690. The summed E-state index contributed by atoms with van der Waals surface area (Å²) in [5, 5.41) is 11.4. The van der Waals surface area contributed by atoms with Gasteiger partial charge in [-0.25, -0.2) is 0 Å². The van der Waals surface area contributed by atoms with E-state index >= 15 is 0 Å². The highest BCUT2D eigenvalue weighted by molar-refractivity contribution is 6.04. The lowest BCUT2D eigenvalue weighted by Crippen LogP contribution is -2.12. The van der Waals surface area contributed by atoms with Crippen molar-refractivity contribution in [1.82, 2.24) is 0 Å². The average Bonchev–Trinajstić information content (AvgIpc) is 2.60. The van der Waals surface area contributed by atoms with E-state index in [4.69, 9.17) is 5.11 Å². The summed E-state index contributed by atoms with van der Waals surface area (Å²) in [4.78, 5) is 34.5. The van der Waals surface area contributed by atoms with Gasteiger partial charge in [-0.15, -0.1) is 0 Å². The summed E-state index contributed by atoms with van der Waals surface area (Å²) in [5.74, 6) is -1.45. The lowest BCUT2D eigenvalue weighted by Gasteiger charge is -2.07. The van der Waals surface area contributed by atoms with E-state index in [1.807, 2.05) is 19.1 Å². The number of carbonyl (C=O) groups excluding carboxylic acids is 2. The van der Waals surface area contributed by atoms with Gasteiger partial charge in [-0.05, 0) is 48.4 Å². The molecule has 5 nitrogen and oxygen atoms in total. The predicted octanol–water partition coefficient (Wildman–Crippen LogP) is 3.55. The van der Waals surface area contributed by atoms with Crippen LogP contribution in [0.2, 0.25) is 0 Å². The van der Waals surface area contributed by atoms with Crippen LogP contribution in [0.25, 0.3) is 0 Å². The second kappa shape index (κ2) is 8.06. The third kappa shape index (κ3) is 4.78. The summed E-state index contributed by atoms with van der Waals surface area (Å²) in [7, 11) is 0. The van der Waals surface area contributed by atoms with Gasteiger partial charge in [-0.3, -0.25) is 14.4 Å². The van der Waals surface area contributed by atoms with Crippen LogP contribution >= 0.6 is 0 Å². The first-order chi connectivity index (χ1) is 11.5. The fourth-order valence-corrected chi connectivity index (χ4v) is 2.20. The smallest absolute Gasteiger partial charge is 0.303 e. The van der Waals surface area contributed by atoms with Crippen molar-refractivity contribution in [3.8, 4) is 0 Å². The molecule has 0 radical (unpaired) electrons. The molecule has 0 unspecified atom stereocenters. The Balaban J connectivity index is 1.98. The van der Waals surface area contributed by atoms with Crippen LogP contribution in [-0.4, -0.2) is 22.8 Å². The lowest BCUT2D eigenvalue weighted by molar-refractivity contribution is -0.136. The van der Waals surface area contributed by atoms with Crippen LogP contribution in [-0.2, 0) is 11.2 Å². The van der Waals surface area contributed by atoms with E-state index in [0.29, 0.717) is 16.8 Å². The van der Waals surface area contributed by atoms with Crippen LogP contribution in [0.3, 0.4) is 0 Å². The van der Waals surface area contributed by atoms with Crippen molar-refractivity contribution in [2.75, 3.05) is 5.32 Å². The van der Waals surface area contributed by atoms with Crippen molar-refractivity contribution in [3.63, 3.8) is 0 Å². The first-order valence-electron chi connectivity index (χ1n) is 7.75. The van der Waals surface area contributed by atoms with Gasteiger partial charge in [0.25, 0.3) is 5.91 Å². The van der Waals surface area contributed by atoms with Gasteiger partial charge in [-0.2, -0.15) is 0 Å². The van der Waals surface area contributed by atoms with Gasteiger partial charge in [-0.1, -0.05) is 19.1 Å². The fourth-order valence-electron chi connectivity index (χ4n) is 2.20. The van der Waals surface area contributed by atoms with Crippen LogP contribution in [0, 0.1) is 0 Å². The zero-order valence-electron chi connectivity index (χ0n) is 13.4. The van der Waals surface area contributed by atoms with Crippen molar-refractivity contribution in [2.24, 2.45) is 0 Å². The lowest BCUT2D eigenvalue weighted by atomic mass is 10.1. The molecule has 0 atom stereocenters. The summed E-state index contributed by atoms with van der Waals surface area (Å²) in [5.41, 5.74) is 2.74. The maximum absolute atomic E-state index is 12.2. The van der Waals surface area contributed by atoms with Crippen molar-refractivity contribution in [2.45, 2.75) is 26.2 Å². The molecule has 0 saturated heterocycles. The standard InChI is InChI=1S/C19H19NO4/c1-2-13-3-5-15(6-4-13)19(24)20-16-9-7-14(8-10-16)17(21)11-12-18(22)23/h3-10H,2,11-12H2,1H3,(H,20,24)(H,22,23). The maximum Gasteiger partial charge on any atom is 0.303 e. The quantitative estimate of drug-likeness (QED) is 0.763. The van der Waals surface area contributed by atoms with Crippen LogP contribution in [0.4, 0.5) is 5.69 Å². The maximum atomic E-state index is 12.2. The summed E-state index contributed by atoms with van der Waals surface area (Å²) < 4.78 is 0. The van der Waals surface area contributed by atoms with Gasteiger partial charge in [0.15, 0.2) is 5.78 Å². The van der Waals surface area contributed by atoms with Gasteiger partial charge >= 0.3 is 5.97 Å². The van der Waals surface area contributed by atoms with Crippen molar-refractivity contribution in [3.05, 3.63) is 65.2 Å². The first-order valence-corrected chi connectivity index (χ1v) is 7.75. The number of aliphatic carboxylic acids is 1. The molecule has 0 aliphatic heterocycles. The van der Waals surface area contributed by atoms with Crippen LogP contribution in [0.5, 0.6) is 0 Å². The first kappa shape index (κ1) is 17.4. The molecule has 0 spiro atoms. The van der Waals surface area contributed by atoms with Crippen LogP contribution < -0.4 is 5.32 Å². The third-order valence-corrected chi connectivity index (χ3v) is 3.66. The molecule has 2 aromatic carbocycles. The van der Waals surface area contributed by atoms with Gasteiger partial charge in [0.05, 0.1) is 6.42 Å². The topological polar surface area (TPSA) is 83.5 Å². The number of benzene rings is 2. The molecule has 24 heavy (non-hydrogen) atoms. The Hall–Kier alpha value is -2.95. The Morgan fingerprint density at radius 3 is 2.00 bits per heavy atom. The molecule has 0 saturated carbocycles. The number of hydrogen-bond donors (Lipinski definition) is 2. The molecule has 0 fully saturated rings. The largest absolute Gasteiger partial charge is 0.481 e. The highest BCUT2D eigenvalue weighted by atomic mass is 16.4. The van der Waals surface area contributed by atoms with Crippen LogP contribution in [0.15, 0.2) is 48.5 Å². The second-order valence-electron chi connectivity index (χ2n) is 5.40. The van der Waals surface area contributed by atoms with E-state index in [1.165, 1.54) is 0 Å². The number of carbonyl (C=O) groups is 3.